The third kappa shape index (κ3) is 3.41. The van der Waals surface area contributed by atoms with Crippen LogP contribution in [0, 0.1) is 17.2 Å². The quantitative estimate of drug-likeness (QED) is 0.822. The first kappa shape index (κ1) is 12.9. The predicted octanol–water partition coefficient (Wildman–Crippen LogP) is 1.16. The lowest BCUT2D eigenvalue weighted by Gasteiger charge is -2.22. The fraction of sp³-hybridized carbons (Fsp3) is 0.455. The summed E-state index contributed by atoms with van der Waals surface area (Å²) in [7, 11) is 0. The number of carboxylic acid groups (broad SMARTS) is 1. The number of aromatic carboxylic acids is 1. The van der Waals surface area contributed by atoms with Crippen LogP contribution in [0.5, 0.6) is 0 Å². The second kappa shape index (κ2) is 5.80. The van der Waals surface area contributed by atoms with Gasteiger partial charge in [-0.2, -0.15) is 5.26 Å². The van der Waals surface area contributed by atoms with Crippen LogP contribution in [0.1, 0.15) is 24.3 Å². The van der Waals surface area contributed by atoms with Gasteiger partial charge in [0.15, 0.2) is 11.5 Å². The number of carbonyl (C=O) groups is 1. The molecular weight excluding hydrogens is 220 g/mol. The van der Waals surface area contributed by atoms with E-state index in [9.17, 15) is 4.79 Å². The Hall–Kier alpha value is -2.16. The van der Waals surface area contributed by atoms with E-state index in [1.54, 1.807) is 6.07 Å². The molecule has 0 fully saturated rings. The standard InChI is InChI=1S/C11H14N4O2/c1-3-15(7-8(2)6-12)10-5-4-9(11(16)17)13-14-10/h4-5,8H,3,7H2,1-2H3,(H,16,17). The van der Waals surface area contributed by atoms with E-state index in [0.29, 0.717) is 18.9 Å². The number of hydrogen-bond acceptors (Lipinski definition) is 5. The monoisotopic (exact) mass is 234 g/mol. The minimum absolute atomic E-state index is 0.0851. The molecule has 1 heterocycles. The molecule has 0 saturated carbocycles. The van der Waals surface area contributed by atoms with Crippen molar-refractivity contribution in [1.29, 1.82) is 5.26 Å². The molecule has 1 atom stereocenters. The van der Waals surface area contributed by atoms with Crippen LogP contribution >= 0.6 is 0 Å². The second-order valence-corrected chi connectivity index (χ2v) is 3.65. The Kier molecular flexibility index (Phi) is 4.40. The van der Waals surface area contributed by atoms with E-state index in [1.165, 1.54) is 6.07 Å². The summed E-state index contributed by atoms with van der Waals surface area (Å²) < 4.78 is 0. The molecule has 1 unspecified atom stereocenters. The van der Waals surface area contributed by atoms with Gasteiger partial charge in [-0.1, -0.05) is 0 Å². The fourth-order valence-corrected chi connectivity index (χ4v) is 1.36. The molecule has 17 heavy (non-hydrogen) atoms. The van der Waals surface area contributed by atoms with Gasteiger partial charge in [-0.3, -0.25) is 0 Å². The molecule has 1 rings (SSSR count). The molecule has 0 saturated heterocycles. The van der Waals surface area contributed by atoms with E-state index in [-0.39, 0.29) is 11.6 Å². The first-order chi connectivity index (χ1) is 8.08. The van der Waals surface area contributed by atoms with Crippen LogP contribution in [0.4, 0.5) is 5.82 Å². The van der Waals surface area contributed by atoms with Crippen LogP contribution < -0.4 is 4.90 Å². The molecule has 1 N–H and O–H groups in total. The third-order valence-electron chi connectivity index (χ3n) is 2.29. The van der Waals surface area contributed by atoms with Gasteiger partial charge in [-0.15, -0.1) is 10.2 Å². The predicted molar refractivity (Wildman–Crippen MR) is 61.7 cm³/mol. The Morgan fingerprint density at radius 3 is 2.71 bits per heavy atom. The second-order valence-electron chi connectivity index (χ2n) is 3.65. The van der Waals surface area contributed by atoms with E-state index < -0.39 is 5.97 Å². The Morgan fingerprint density at radius 1 is 1.59 bits per heavy atom. The molecule has 0 radical (unpaired) electrons. The first-order valence-corrected chi connectivity index (χ1v) is 5.30. The van der Waals surface area contributed by atoms with Gasteiger partial charge < -0.3 is 10.0 Å². The third-order valence-corrected chi connectivity index (χ3v) is 2.29. The highest BCUT2D eigenvalue weighted by Crippen LogP contribution is 2.11. The van der Waals surface area contributed by atoms with Crippen LogP contribution in [0.3, 0.4) is 0 Å². The van der Waals surface area contributed by atoms with Crippen molar-refractivity contribution in [3.8, 4) is 6.07 Å². The maximum atomic E-state index is 10.6. The lowest BCUT2D eigenvalue weighted by molar-refractivity contribution is 0.0689. The zero-order valence-corrected chi connectivity index (χ0v) is 9.79. The highest BCUT2D eigenvalue weighted by molar-refractivity contribution is 5.85. The van der Waals surface area contributed by atoms with Crippen molar-refractivity contribution in [2.75, 3.05) is 18.0 Å². The molecule has 1 aromatic rings. The molecule has 6 heteroatoms. The normalized spacial score (nSPS) is 11.6. The molecule has 0 aliphatic heterocycles. The van der Waals surface area contributed by atoms with Crippen LogP contribution in [0.15, 0.2) is 12.1 Å². The molecule has 0 spiro atoms. The van der Waals surface area contributed by atoms with E-state index in [1.807, 2.05) is 18.7 Å². The van der Waals surface area contributed by atoms with Crippen molar-refractivity contribution in [2.45, 2.75) is 13.8 Å². The molecule has 0 aromatic carbocycles. The van der Waals surface area contributed by atoms with Crippen molar-refractivity contribution < 1.29 is 9.90 Å². The highest BCUT2D eigenvalue weighted by atomic mass is 16.4. The number of nitriles is 1. The average Bonchev–Trinajstić information content (AvgIpc) is 2.35. The Bertz CT molecular complexity index is 424. The van der Waals surface area contributed by atoms with Crippen LogP contribution in [0.2, 0.25) is 0 Å². The molecule has 0 aliphatic rings. The zero-order valence-electron chi connectivity index (χ0n) is 9.79. The summed E-state index contributed by atoms with van der Waals surface area (Å²) in [6, 6.07) is 5.15. The smallest absolute Gasteiger partial charge is 0.356 e. The minimum Gasteiger partial charge on any atom is -0.476 e. The van der Waals surface area contributed by atoms with Crippen LogP contribution in [-0.4, -0.2) is 34.4 Å². The van der Waals surface area contributed by atoms with Gasteiger partial charge in [0.25, 0.3) is 0 Å². The van der Waals surface area contributed by atoms with Gasteiger partial charge >= 0.3 is 5.97 Å². The molecule has 1 aromatic heterocycles. The number of nitrogens with zero attached hydrogens (tertiary/aromatic N) is 4. The van der Waals surface area contributed by atoms with Crippen molar-refractivity contribution in [3.63, 3.8) is 0 Å². The molecule has 0 bridgehead atoms. The van der Waals surface area contributed by atoms with Crippen molar-refractivity contribution >= 4 is 11.8 Å². The van der Waals surface area contributed by atoms with Gasteiger partial charge in [0, 0.05) is 13.1 Å². The van der Waals surface area contributed by atoms with E-state index >= 15 is 0 Å². The SMILES string of the molecule is CCN(CC(C)C#N)c1ccc(C(=O)O)nn1. The van der Waals surface area contributed by atoms with Gasteiger partial charge in [0.05, 0.1) is 12.0 Å². The van der Waals surface area contributed by atoms with Gasteiger partial charge in [0.2, 0.25) is 0 Å². The maximum absolute atomic E-state index is 10.6. The number of anilines is 1. The minimum atomic E-state index is -1.10. The van der Waals surface area contributed by atoms with E-state index in [0.717, 1.165) is 0 Å². The lowest BCUT2D eigenvalue weighted by Crippen LogP contribution is -2.28. The van der Waals surface area contributed by atoms with Gasteiger partial charge in [-0.25, -0.2) is 4.79 Å². The Labute approximate surface area is 99.5 Å². The Morgan fingerprint density at radius 2 is 2.29 bits per heavy atom. The summed E-state index contributed by atoms with van der Waals surface area (Å²) in [6.45, 7) is 5.00. The summed E-state index contributed by atoms with van der Waals surface area (Å²) in [6.07, 6.45) is 0. The van der Waals surface area contributed by atoms with Crippen LogP contribution in [0.25, 0.3) is 0 Å². The van der Waals surface area contributed by atoms with Gasteiger partial charge in [0.1, 0.15) is 0 Å². The van der Waals surface area contributed by atoms with E-state index in [2.05, 4.69) is 16.3 Å². The van der Waals surface area contributed by atoms with Crippen molar-refractivity contribution in [2.24, 2.45) is 5.92 Å². The van der Waals surface area contributed by atoms with Crippen LogP contribution in [-0.2, 0) is 0 Å². The molecule has 0 amide bonds. The largest absolute Gasteiger partial charge is 0.476 e. The zero-order chi connectivity index (χ0) is 12.8. The summed E-state index contributed by atoms with van der Waals surface area (Å²) in [5.41, 5.74) is -0.0851. The molecule has 6 nitrogen and oxygen atoms in total. The number of aromatic nitrogens is 2. The molecule has 90 valence electrons. The summed E-state index contributed by atoms with van der Waals surface area (Å²) in [5.74, 6) is -0.631. The maximum Gasteiger partial charge on any atom is 0.356 e. The molecule has 0 aliphatic carbocycles. The van der Waals surface area contributed by atoms with Crippen molar-refractivity contribution in [1.82, 2.24) is 10.2 Å². The summed E-state index contributed by atoms with van der Waals surface area (Å²) in [4.78, 5) is 12.5. The number of carboxylic acids is 1. The fourth-order valence-electron chi connectivity index (χ4n) is 1.36. The van der Waals surface area contributed by atoms with E-state index in [4.69, 9.17) is 10.4 Å². The summed E-state index contributed by atoms with van der Waals surface area (Å²) >= 11 is 0. The average molecular weight is 234 g/mol. The Balaban J connectivity index is 2.83. The van der Waals surface area contributed by atoms with Gasteiger partial charge in [-0.05, 0) is 26.0 Å². The number of rotatable bonds is 5. The van der Waals surface area contributed by atoms with Crippen molar-refractivity contribution in [3.05, 3.63) is 17.8 Å². The number of hydrogen-bond donors (Lipinski definition) is 1. The summed E-state index contributed by atoms with van der Waals surface area (Å²) in [5, 5.41) is 24.9. The lowest BCUT2D eigenvalue weighted by atomic mass is 10.2. The first-order valence-electron chi connectivity index (χ1n) is 5.30. The topological polar surface area (TPSA) is 90.1 Å². The highest BCUT2D eigenvalue weighted by Gasteiger charge is 2.12. The molecular formula is C11H14N4O2.